The van der Waals surface area contributed by atoms with E-state index in [4.69, 9.17) is 0 Å². The maximum atomic E-state index is 13.5. The highest BCUT2D eigenvalue weighted by Crippen LogP contribution is 2.40. The van der Waals surface area contributed by atoms with Crippen LogP contribution in [0.4, 0.5) is 11.4 Å². The van der Waals surface area contributed by atoms with Crippen LogP contribution in [0.25, 0.3) is 0 Å². The van der Waals surface area contributed by atoms with Crippen molar-refractivity contribution in [3.05, 3.63) is 43.7 Å². The lowest BCUT2D eigenvalue weighted by molar-refractivity contribution is -0.109. The number of benzene rings is 2. The normalized spacial score (nSPS) is 12.4. The standard InChI is InChI=1S/C34H42I6N4O13/c35-25-18(4-3-16(10-47)11-48)26(36)31(28(38)22(25)19(53)2-1-6-45)43(14-51)8-20(54)21(55)9-44(15-52)32-29(39)23(33(56)41-5-7-46)27(37)24(30(32)40)34(57)42-17(12-49)13-50/h14-17,20-21,45-50,54-55H,1-13H2,(H,41,56)(H,42,57). The van der Waals surface area contributed by atoms with E-state index < -0.39 is 68.9 Å². The second kappa shape index (κ2) is 26.5. The Hall–Kier alpha value is 0.0500. The van der Waals surface area contributed by atoms with E-state index in [1.165, 1.54) is 0 Å². The lowest BCUT2D eigenvalue weighted by Gasteiger charge is -2.31. The van der Waals surface area contributed by atoms with Crippen molar-refractivity contribution in [1.82, 2.24) is 10.6 Å². The van der Waals surface area contributed by atoms with Crippen molar-refractivity contribution in [2.75, 3.05) is 69.1 Å². The molecule has 0 aromatic heterocycles. The minimum atomic E-state index is -1.74. The van der Waals surface area contributed by atoms with E-state index in [9.17, 15) is 64.8 Å². The number of Topliss-reactive ketones (excluding diaryl/α,β-unsaturated/α-hetero) is 1. The molecule has 2 aromatic rings. The van der Waals surface area contributed by atoms with Gasteiger partial charge in [0.2, 0.25) is 12.8 Å². The highest BCUT2D eigenvalue weighted by atomic mass is 127. The average Bonchev–Trinajstić information content (AvgIpc) is 3.18. The Labute approximate surface area is 410 Å². The van der Waals surface area contributed by atoms with E-state index in [0.29, 0.717) is 47.5 Å². The summed E-state index contributed by atoms with van der Waals surface area (Å²) in [5.41, 5.74) is 1.09. The molecule has 23 heteroatoms. The molecule has 0 saturated heterocycles. The molecule has 0 spiro atoms. The highest BCUT2D eigenvalue weighted by Gasteiger charge is 2.34. The van der Waals surface area contributed by atoms with Gasteiger partial charge in [-0.1, -0.05) is 0 Å². The summed E-state index contributed by atoms with van der Waals surface area (Å²) in [5.74, 6) is -2.23. The summed E-state index contributed by atoms with van der Waals surface area (Å²) in [6.07, 6.45) is -1.83. The van der Waals surface area contributed by atoms with Crippen molar-refractivity contribution in [2.45, 2.75) is 43.9 Å². The predicted molar refractivity (Wildman–Crippen MR) is 259 cm³/mol. The summed E-state index contributed by atoms with van der Waals surface area (Å²) < 4.78 is 1.99. The predicted octanol–water partition coefficient (Wildman–Crippen LogP) is 0.955. The second-order valence-electron chi connectivity index (χ2n) is 12.4. The fraction of sp³-hybridized carbons (Fsp3) is 0.500. The number of aliphatic hydroxyl groups is 8. The van der Waals surface area contributed by atoms with Gasteiger partial charge in [-0.25, -0.2) is 0 Å². The van der Waals surface area contributed by atoms with Gasteiger partial charge >= 0.3 is 0 Å². The Bertz CT molecular complexity index is 1750. The third kappa shape index (κ3) is 13.8. The van der Waals surface area contributed by atoms with Crippen LogP contribution in [0.5, 0.6) is 0 Å². The monoisotopic (exact) mass is 1480 g/mol. The van der Waals surface area contributed by atoms with E-state index in [2.05, 4.69) is 10.6 Å². The first-order chi connectivity index (χ1) is 27.0. The minimum absolute atomic E-state index is 0.00953. The van der Waals surface area contributed by atoms with Crippen molar-refractivity contribution < 1.29 is 64.8 Å². The van der Waals surface area contributed by atoms with Crippen molar-refractivity contribution >= 4 is 177 Å². The second-order valence-corrected chi connectivity index (χ2v) is 18.8. The third-order valence-electron chi connectivity index (χ3n) is 8.51. The van der Waals surface area contributed by atoms with Crippen molar-refractivity contribution in [1.29, 1.82) is 0 Å². The zero-order valence-corrected chi connectivity index (χ0v) is 42.9. The molecule has 0 bridgehead atoms. The number of carbonyl (C=O) groups excluding carboxylic acids is 5. The van der Waals surface area contributed by atoms with E-state index >= 15 is 0 Å². The van der Waals surface area contributed by atoms with Gasteiger partial charge in [0.1, 0.15) is 0 Å². The fourth-order valence-corrected chi connectivity index (χ4v) is 15.1. The van der Waals surface area contributed by atoms with Crippen LogP contribution in [0.2, 0.25) is 0 Å². The number of nitrogens with zero attached hydrogens (tertiary/aromatic N) is 2. The zero-order valence-electron chi connectivity index (χ0n) is 29.9. The van der Waals surface area contributed by atoms with Crippen molar-refractivity contribution in [3.8, 4) is 0 Å². The summed E-state index contributed by atoms with van der Waals surface area (Å²) in [4.78, 5) is 67.9. The average molecular weight is 1480 g/mol. The van der Waals surface area contributed by atoms with Gasteiger partial charge in [0, 0.05) is 58.5 Å². The molecule has 0 aliphatic rings. The first-order valence-electron chi connectivity index (χ1n) is 17.0. The van der Waals surface area contributed by atoms with Crippen LogP contribution in [0.1, 0.15) is 55.9 Å². The van der Waals surface area contributed by atoms with Crippen LogP contribution < -0.4 is 20.4 Å². The smallest absolute Gasteiger partial charge is 0.253 e. The van der Waals surface area contributed by atoms with E-state index in [0.717, 1.165) is 9.80 Å². The number of nitrogens with one attached hydrogen (secondary N) is 2. The summed E-state index contributed by atoms with van der Waals surface area (Å²) in [7, 11) is 0. The zero-order chi connectivity index (χ0) is 43.1. The molecule has 10 N–H and O–H groups in total. The number of anilines is 2. The number of aliphatic hydroxyl groups excluding tert-OH is 8. The number of hydrogen-bond acceptors (Lipinski definition) is 13. The van der Waals surface area contributed by atoms with Gasteiger partial charge in [-0.05, 0) is 160 Å². The Kier molecular flexibility index (Phi) is 24.7. The molecule has 318 valence electrons. The molecular weight excluding hydrogens is 1430 g/mol. The lowest BCUT2D eigenvalue weighted by Crippen LogP contribution is -2.46. The topological polar surface area (TPSA) is 278 Å². The molecule has 0 heterocycles. The van der Waals surface area contributed by atoms with Crippen LogP contribution in [-0.4, -0.2) is 149 Å². The number of ketones is 1. The first-order valence-corrected chi connectivity index (χ1v) is 23.5. The maximum Gasteiger partial charge on any atom is 0.253 e. The summed E-state index contributed by atoms with van der Waals surface area (Å²) in [6.45, 7) is -3.61. The molecule has 0 saturated carbocycles. The number of amides is 4. The summed E-state index contributed by atoms with van der Waals surface area (Å²) in [6, 6.07) is -1.05. The number of halogens is 6. The fourth-order valence-electron chi connectivity index (χ4n) is 5.36. The van der Waals surface area contributed by atoms with Gasteiger partial charge in [-0.2, -0.15) is 0 Å². The molecule has 2 unspecified atom stereocenters. The molecule has 2 rings (SSSR count). The molecule has 2 atom stereocenters. The highest BCUT2D eigenvalue weighted by molar-refractivity contribution is 14.1. The molecule has 4 amide bonds. The van der Waals surface area contributed by atoms with Gasteiger partial charge in [-0.15, -0.1) is 0 Å². The van der Waals surface area contributed by atoms with E-state index in [1.54, 1.807) is 67.8 Å². The van der Waals surface area contributed by atoms with Crippen LogP contribution in [0, 0.1) is 27.3 Å². The quantitative estimate of drug-likeness (QED) is 0.0378. The Morgan fingerprint density at radius 1 is 0.632 bits per heavy atom. The van der Waals surface area contributed by atoms with Crippen LogP contribution in [-0.2, 0) is 16.0 Å². The minimum Gasteiger partial charge on any atom is -0.396 e. The largest absolute Gasteiger partial charge is 0.396 e. The first kappa shape index (κ1) is 53.2. The van der Waals surface area contributed by atoms with Gasteiger partial charge in [0.15, 0.2) is 5.78 Å². The number of rotatable bonds is 25. The third-order valence-corrected chi connectivity index (χ3v) is 15.1. The van der Waals surface area contributed by atoms with Crippen LogP contribution >= 0.6 is 136 Å². The van der Waals surface area contributed by atoms with Gasteiger partial charge in [0.25, 0.3) is 11.8 Å². The van der Waals surface area contributed by atoms with E-state index in [-0.39, 0.29) is 78.2 Å². The Morgan fingerprint density at radius 2 is 1.12 bits per heavy atom. The molecule has 0 aliphatic heterocycles. The van der Waals surface area contributed by atoms with Crippen molar-refractivity contribution in [3.63, 3.8) is 0 Å². The van der Waals surface area contributed by atoms with E-state index in [1.807, 2.05) is 67.8 Å². The van der Waals surface area contributed by atoms with Gasteiger partial charge in [0.05, 0.1) is 80.8 Å². The van der Waals surface area contributed by atoms with Gasteiger partial charge in [-0.3, -0.25) is 24.0 Å². The SMILES string of the molecule is O=CN(CC(O)C(O)CN(C=O)c1c(I)c(C(=O)NCCO)c(I)c(C(=O)NC(CO)CO)c1I)c1c(I)c(CCC(CO)CO)c(I)c(C(=O)CCCO)c1I. The van der Waals surface area contributed by atoms with Gasteiger partial charge < -0.3 is 61.3 Å². The molecule has 0 radical (unpaired) electrons. The summed E-state index contributed by atoms with van der Waals surface area (Å²) in [5, 5.41) is 84.9. The summed E-state index contributed by atoms with van der Waals surface area (Å²) >= 11 is 11.4. The molecule has 17 nitrogen and oxygen atoms in total. The Morgan fingerprint density at radius 3 is 1.58 bits per heavy atom. The molecule has 2 aromatic carbocycles. The van der Waals surface area contributed by atoms with Crippen LogP contribution in [0.3, 0.4) is 0 Å². The Balaban J connectivity index is 2.66. The van der Waals surface area contributed by atoms with Crippen LogP contribution in [0.15, 0.2) is 0 Å². The number of carbonyl (C=O) groups is 5. The number of hydrogen-bond donors (Lipinski definition) is 10. The van der Waals surface area contributed by atoms with Crippen molar-refractivity contribution in [2.24, 2.45) is 5.92 Å². The maximum absolute atomic E-state index is 13.5. The molecule has 57 heavy (non-hydrogen) atoms. The lowest BCUT2D eigenvalue weighted by atomic mass is 9.96. The molecule has 0 aliphatic carbocycles. The molecular formula is C34H42I6N4O13. The molecule has 0 fully saturated rings.